The Hall–Kier alpha value is -2.71. The lowest BCUT2D eigenvalue weighted by Crippen LogP contribution is -2.36. The van der Waals surface area contributed by atoms with Crippen LogP contribution in [0.1, 0.15) is 18.5 Å². The van der Waals surface area contributed by atoms with E-state index in [9.17, 15) is 4.79 Å². The molecule has 2 aromatic heterocycles. The third kappa shape index (κ3) is 4.23. The quantitative estimate of drug-likeness (QED) is 0.437. The number of nitrogens with zero attached hydrogens (tertiary/aromatic N) is 3. The summed E-state index contributed by atoms with van der Waals surface area (Å²) in [4.78, 5) is 16.0. The van der Waals surface area contributed by atoms with Crippen molar-refractivity contribution in [1.29, 1.82) is 0 Å². The van der Waals surface area contributed by atoms with Gasteiger partial charge in [0.25, 0.3) is 0 Å². The Morgan fingerprint density at radius 3 is 2.79 bits per heavy atom. The van der Waals surface area contributed by atoms with Crippen molar-refractivity contribution in [3.05, 3.63) is 64.8 Å². The minimum absolute atomic E-state index is 0.0500. The van der Waals surface area contributed by atoms with Crippen molar-refractivity contribution in [3.8, 4) is 16.5 Å². The summed E-state index contributed by atoms with van der Waals surface area (Å²) in [7, 11) is 1.63. The molecule has 8 heteroatoms. The zero-order valence-corrected chi connectivity index (χ0v) is 17.4. The van der Waals surface area contributed by atoms with E-state index >= 15 is 0 Å². The molecule has 28 heavy (non-hydrogen) atoms. The highest BCUT2D eigenvalue weighted by molar-refractivity contribution is 7.71. The molecule has 1 unspecified atom stereocenters. The predicted octanol–water partition coefficient (Wildman–Crippen LogP) is 4.45. The Morgan fingerprint density at radius 1 is 1.43 bits per heavy atom. The fourth-order valence-corrected chi connectivity index (χ4v) is 3.96. The number of hydrogen-bond donors (Lipinski definition) is 1. The first-order chi connectivity index (χ1) is 13.5. The van der Waals surface area contributed by atoms with Crippen LogP contribution in [0.2, 0.25) is 0 Å². The van der Waals surface area contributed by atoms with Gasteiger partial charge in [0.1, 0.15) is 11.8 Å². The fourth-order valence-electron chi connectivity index (χ4n) is 2.96. The molecule has 0 aliphatic rings. The van der Waals surface area contributed by atoms with E-state index in [4.69, 9.17) is 17.0 Å². The van der Waals surface area contributed by atoms with E-state index in [1.54, 1.807) is 34.0 Å². The number of carbonyl (C=O) groups is 1. The lowest BCUT2D eigenvalue weighted by atomic mass is 10.1. The van der Waals surface area contributed by atoms with Gasteiger partial charge in [0.05, 0.1) is 12.0 Å². The third-order valence-electron chi connectivity index (χ3n) is 4.38. The second-order valence-corrected chi connectivity index (χ2v) is 7.57. The molecule has 3 aromatic rings. The van der Waals surface area contributed by atoms with Crippen molar-refractivity contribution in [1.82, 2.24) is 19.7 Å². The Balaban J connectivity index is 1.86. The van der Waals surface area contributed by atoms with Gasteiger partial charge in [-0.05, 0) is 48.3 Å². The van der Waals surface area contributed by atoms with Gasteiger partial charge < -0.3 is 9.64 Å². The van der Waals surface area contributed by atoms with E-state index in [0.29, 0.717) is 23.7 Å². The summed E-state index contributed by atoms with van der Waals surface area (Å²) >= 11 is 6.95. The SMILES string of the molecule is C=CCN(Cc1ccc(OC)cc1)C(=O)C(C)n1c(-c2cccs2)n[nH]c1=S. The summed E-state index contributed by atoms with van der Waals surface area (Å²) in [5, 5.41) is 9.10. The highest BCUT2D eigenvalue weighted by Gasteiger charge is 2.25. The normalized spacial score (nSPS) is 11.8. The van der Waals surface area contributed by atoms with Crippen molar-refractivity contribution >= 4 is 29.5 Å². The molecule has 0 aliphatic carbocycles. The minimum atomic E-state index is -0.499. The molecule has 0 aliphatic heterocycles. The van der Waals surface area contributed by atoms with Crippen LogP contribution in [0.5, 0.6) is 5.75 Å². The maximum atomic E-state index is 13.3. The van der Waals surface area contributed by atoms with Crippen LogP contribution in [-0.2, 0) is 11.3 Å². The molecule has 0 spiro atoms. The van der Waals surface area contributed by atoms with Crippen LogP contribution in [0, 0.1) is 4.77 Å². The number of rotatable bonds is 8. The summed E-state index contributed by atoms with van der Waals surface area (Å²) in [6.07, 6.45) is 1.73. The van der Waals surface area contributed by atoms with Crippen LogP contribution in [0.3, 0.4) is 0 Å². The molecule has 2 heterocycles. The smallest absolute Gasteiger partial charge is 0.246 e. The topological polar surface area (TPSA) is 63.1 Å². The van der Waals surface area contributed by atoms with Gasteiger partial charge >= 0.3 is 0 Å². The van der Waals surface area contributed by atoms with Gasteiger partial charge in [0, 0.05) is 13.1 Å². The molecule has 1 amide bonds. The second kappa shape index (κ2) is 8.99. The number of H-pyrrole nitrogens is 1. The van der Waals surface area contributed by atoms with E-state index in [0.717, 1.165) is 16.2 Å². The highest BCUT2D eigenvalue weighted by atomic mass is 32.1. The van der Waals surface area contributed by atoms with Crippen molar-refractivity contribution < 1.29 is 9.53 Å². The van der Waals surface area contributed by atoms with Crippen LogP contribution in [-0.4, -0.2) is 39.2 Å². The Bertz CT molecular complexity index is 990. The number of nitrogens with one attached hydrogen (secondary N) is 1. The lowest BCUT2D eigenvalue weighted by Gasteiger charge is -2.26. The number of aromatic nitrogens is 3. The summed E-state index contributed by atoms with van der Waals surface area (Å²) in [5.41, 5.74) is 1.01. The maximum Gasteiger partial charge on any atom is 0.246 e. The summed E-state index contributed by atoms with van der Waals surface area (Å²) < 4.78 is 7.39. The highest BCUT2D eigenvalue weighted by Crippen LogP contribution is 2.26. The second-order valence-electron chi connectivity index (χ2n) is 6.23. The Morgan fingerprint density at radius 2 is 2.18 bits per heavy atom. The van der Waals surface area contributed by atoms with Gasteiger partial charge in [-0.2, -0.15) is 5.10 Å². The van der Waals surface area contributed by atoms with Crippen LogP contribution in [0.25, 0.3) is 10.7 Å². The molecule has 1 aromatic carbocycles. The van der Waals surface area contributed by atoms with Gasteiger partial charge in [0.2, 0.25) is 5.91 Å². The zero-order valence-electron chi connectivity index (χ0n) is 15.8. The van der Waals surface area contributed by atoms with Gasteiger partial charge in [-0.3, -0.25) is 14.5 Å². The standard InChI is InChI=1S/C20H22N4O2S2/c1-4-11-23(13-15-7-9-16(26-3)10-8-15)19(25)14(2)24-18(21-22-20(24)27)17-6-5-12-28-17/h4-10,12,14H,1,11,13H2,2-3H3,(H,22,27). The average molecular weight is 415 g/mol. The van der Waals surface area contributed by atoms with Crippen LogP contribution in [0.15, 0.2) is 54.4 Å². The number of carbonyl (C=O) groups excluding carboxylic acids is 1. The molecule has 1 N–H and O–H groups in total. The van der Waals surface area contributed by atoms with Crippen LogP contribution >= 0.6 is 23.6 Å². The Kier molecular flexibility index (Phi) is 6.43. The molecule has 1 atom stereocenters. The summed E-state index contributed by atoms with van der Waals surface area (Å²) in [5.74, 6) is 1.40. The number of methoxy groups -OCH3 is 1. The Labute approximate surface area is 173 Å². The summed E-state index contributed by atoms with van der Waals surface area (Å²) in [6.45, 7) is 6.54. The minimum Gasteiger partial charge on any atom is -0.497 e. The van der Waals surface area contributed by atoms with Crippen LogP contribution in [0.4, 0.5) is 0 Å². The molecular formula is C20H22N4O2S2. The van der Waals surface area contributed by atoms with Crippen molar-refractivity contribution in [2.24, 2.45) is 0 Å². The number of amides is 1. The molecule has 3 rings (SSSR count). The van der Waals surface area contributed by atoms with Crippen LogP contribution < -0.4 is 4.74 Å². The van der Waals surface area contributed by atoms with E-state index in [1.165, 1.54) is 0 Å². The monoisotopic (exact) mass is 414 g/mol. The van der Waals surface area contributed by atoms with E-state index in [-0.39, 0.29) is 5.91 Å². The predicted molar refractivity (Wildman–Crippen MR) is 114 cm³/mol. The number of benzene rings is 1. The molecular weight excluding hydrogens is 392 g/mol. The molecule has 0 radical (unpaired) electrons. The van der Waals surface area contributed by atoms with Gasteiger partial charge in [0.15, 0.2) is 10.6 Å². The number of hydrogen-bond acceptors (Lipinski definition) is 5. The van der Waals surface area contributed by atoms with E-state index < -0.39 is 6.04 Å². The van der Waals surface area contributed by atoms with E-state index in [2.05, 4.69) is 16.8 Å². The molecule has 0 saturated carbocycles. The fraction of sp³-hybridized carbons (Fsp3) is 0.250. The lowest BCUT2D eigenvalue weighted by molar-refractivity contribution is -0.134. The van der Waals surface area contributed by atoms with E-state index in [1.807, 2.05) is 48.7 Å². The first-order valence-corrected chi connectivity index (χ1v) is 10.1. The first kappa shape index (κ1) is 20.0. The molecule has 0 fully saturated rings. The number of ether oxygens (including phenoxy) is 1. The molecule has 6 nitrogen and oxygen atoms in total. The number of aromatic amines is 1. The number of thiophene rings is 1. The molecule has 0 saturated heterocycles. The van der Waals surface area contributed by atoms with Gasteiger partial charge in [-0.1, -0.05) is 24.3 Å². The third-order valence-corrected chi connectivity index (χ3v) is 5.54. The summed E-state index contributed by atoms with van der Waals surface area (Å²) in [6, 6.07) is 11.1. The first-order valence-electron chi connectivity index (χ1n) is 8.78. The van der Waals surface area contributed by atoms with Gasteiger partial charge in [-0.15, -0.1) is 17.9 Å². The molecule has 146 valence electrons. The average Bonchev–Trinajstić information content (AvgIpc) is 3.36. The van der Waals surface area contributed by atoms with Crippen molar-refractivity contribution in [2.45, 2.75) is 19.5 Å². The zero-order chi connectivity index (χ0) is 20.1. The molecule has 0 bridgehead atoms. The van der Waals surface area contributed by atoms with Crippen molar-refractivity contribution in [2.75, 3.05) is 13.7 Å². The van der Waals surface area contributed by atoms with Crippen molar-refractivity contribution in [3.63, 3.8) is 0 Å². The van der Waals surface area contributed by atoms with Gasteiger partial charge in [-0.25, -0.2) is 0 Å². The maximum absolute atomic E-state index is 13.3. The largest absolute Gasteiger partial charge is 0.497 e.